The number of rotatable bonds is 4. The van der Waals surface area contributed by atoms with Gasteiger partial charge < -0.3 is 9.84 Å². The first kappa shape index (κ1) is 13.4. The highest BCUT2D eigenvalue weighted by atomic mass is 32.2. The van der Waals surface area contributed by atoms with Crippen LogP contribution in [0.25, 0.3) is 0 Å². The molecule has 1 aromatic carbocycles. The van der Waals surface area contributed by atoms with E-state index in [1.807, 2.05) is 0 Å². The Kier molecular flexibility index (Phi) is 4.01. The average molecular weight is 279 g/mol. The molecule has 0 unspecified atom stereocenters. The van der Waals surface area contributed by atoms with Crippen LogP contribution >= 0.6 is 11.8 Å². The molecule has 0 fully saturated rings. The lowest BCUT2D eigenvalue weighted by molar-refractivity contribution is 0.0696. The molecule has 0 saturated heterocycles. The maximum Gasteiger partial charge on any atom is 0.335 e. The van der Waals surface area contributed by atoms with Gasteiger partial charge in [0.2, 0.25) is 5.88 Å². The molecule has 0 saturated carbocycles. The number of hydrogen-bond donors (Lipinski definition) is 1. The third-order valence-corrected chi connectivity index (χ3v) is 3.34. The second-order valence-electron chi connectivity index (χ2n) is 3.59. The zero-order chi connectivity index (χ0) is 13.8. The third kappa shape index (κ3) is 3.23. The minimum absolute atomic E-state index is 0.0462. The number of benzene rings is 1. The van der Waals surface area contributed by atoms with Crippen LogP contribution in [0.1, 0.15) is 10.4 Å². The highest BCUT2D eigenvalue weighted by Gasteiger charge is 2.10. The van der Waals surface area contributed by atoms with Crippen LogP contribution in [-0.2, 0) is 0 Å². The van der Waals surface area contributed by atoms with Gasteiger partial charge in [0.25, 0.3) is 0 Å². The molecule has 19 heavy (non-hydrogen) atoms. The zero-order valence-corrected chi connectivity index (χ0v) is 10.8. The molecule has 0 aliphatic carbocycles. The lowest BCUT2D eigenvalue weighted by Crippen LogP contribution is -1.97. The molecule has 6 heteroatoms. The molecule has 4 nitrogen and oxygen atoms in total. The molecule has 1 aromatic heterocycles. The number of ether oxygens (including phenoxy) is 1. The van der Waals surface area contributed by atoms with Crippen molar-refractivity contribution >= 4 is 17.7 Å². The van der Waals surface area contributed by atoms with Gasteiger partial charge >= 0.3 is 5.97 Å². The smallest absolute Gasteiger partial charge is 0.335 e. The van der Waals surface area contributed by atoms with Gasteiger partial charge in [-0.15, -0.1) is 0 Å². The van der Waals surface area contributed by atoms with Gasteiger partial charge in [-0.1, -0.05) is 11.8 Å². The van der Waals surface area contributed by atoms with Crippen LogP contribution in [-0.4, -0.2) is 23.2 Å². The van der Waals surface area contributed by atoms with Crippen molar-refractivity contribution in [2.45, 2.75) is 9.79 Å². The fourth-order valence-corrected chi connectivity index (χ4v) is 2.30. The van der Waals surface area contributed by atoms with Gasteiger partial charge in [-0.2, -0.15) is 0 Å². The van der Waals surface area contributed by atoms with E-state index in [-0.39, 0.29) is 10.5 Å². The molecule has 0 amide bonds. The quantitative estimate of drug-likeness (QED) is 0.932. The van der Waals surface area contributed by atoms with Crippen LogP contribution in [0.15, 0.2) is 46.3 Å². The van der Waals surface area contributed by atoms with Gasteiger partial charge in [-0.05, 0) is 24.3 Å². The lowest BCUT2D eigenvalue weighted by atomic mass is 10.2. The summed E-state index contributed by atoms with van der Waals surface area (Å²) in [5.41, 5.74) is 0.0462. The van der Waals surface area contributed by atoms with E-state index in [1.54, 1.807) is 18.3 Å². The van der Waals surface area contributed by atoms with Crippen molar-refractivity contribution in [1.82, 2.24) is 4.98 Å². The van der Waals surface area contributed by atoms with Crippen LogP contribution in [0.5, 0.6) is 5.88 Å². The van der Waals surface area contributed by atoms with E-state index >= 15 is 0 Å². The highest BCUT2D eigenvalue weighted by molar-refractivity contribution is 7.99. The summed E-state index contributed by atoms with van der Waals surface area (Å²) in [4.78, 5) is 15.8. The summed E-state index contributed by atoms with van der Waals surface area (Å²) >= 11 is 1.12. The van der Waals surface area contributed by atoms with E-state index in [2.05, 4.69) is 4.98 Å². The lowest BCUT2D eigenvalue weighted by Gasteiger charge is -2.05. The largest absolute Gasteiger partial charge is 0.481 e. The first-order valence-corrected chi connectivity index (χ1v) is 6.12. The number of carboxylic acid groups (broad SMARTS) is 1. The predicted octanol–water partition coefficient (Wildman–Crippen LogP) is 3.08. The number of aromatic nitrogens is 1. The minimum Gasteiger partial charge on any atom is -0.481 e. The molecule has 0 radical (unpaired) electrons. The summed E-state index contributed by atoms with van der Waals surface area (Å²) in [5.74, 6) is -1.14. The van der Waals surface area contributed by atoms with E-state index in [0.717, 1.165) is 17.8 Å². The number of nitrogens with zero attached hydrogens (tertiary/aromatic N) is 1. The number of methoxy groups -OCH3 is 1. The number of aromatic carboxylic acids is 1. The van der Waals surface area contributed by atoms with E-state index in [0.29, 0.717) is 10.8 Å². The maximum absolute atomic E-state index is 13.6. The molecular weight excluding hydrogens is 269 g/mol. The van der Waals surface area contributed by atoms with Crippen LogP contribution in [0, 0.1) is 5.82 Å². The second-order valence-corrected chi connectivity index (χ2v) is 4.70. The first-order chi connectivity index (χ1) is 9.10. The summed E-state index contributed by atoms with van der Waals surface area (Å²) in [6.45, 7) is 0. The molecule has 0 aliphatic heterocycles. The summed E-state index contributed by atoms with van der Waals surface area (Å²) in [5, 5.41) is 8.89. The van der Waals surface area contributed by atoms with Crippen molar-refractivity contribution in [3.8, 4) is 5.88 Å². The van der Waals surface area contributed by atoms with Crippen molar-refractivity contribution in [2.75, 3.05) is 7.11 Å². The van der Waals surface area contributed by atoms with Gasteiger partial charge in [0, 0.05) is 22.1 Å². The molecule has 0 spiro atoms. The molecule has 0 bridgehead atoms. The molecule has 1 N–H and O–H groups in total. The Balaban J connectivity index is 2.31. The molecule has 0 atom stereocenters. The van der Waals surface area contributed by atoms with E-state index in [1.165, 1.54) is 19.2 Å². The number of carboxylic acids is 1. The van der Waals surface area contributed by atoms with Crippen LogP contribution in [0.3, 0.4) is 0 Å². The SMILES string of the molecule is COc1cc(Sc2cc(C(=O)O)ccc2F)ccn1. The number of carbonyl (C=O) groups is 1. The Morgan fingerprint density at radius 1 is 1.37 bits per heavy atom. The number of pyridine rings is 1. The van der Waals surface area contributed by atoms with Gasteiger partial charge in [-0.3, -0.25) is 0 Å². The standard InChI is InChI=1S/C13H10FNO3S/c1-18-12-7-9(4-5-15-12)19-11-6-8(13(16)17)2-3-10(11)14/h2-7H,1H3,(H,16,17). The molecule has 98 valence electrons. The van der Waals surface area contributed by atoms with Crippen molar-refractivity contribution < 1.29 is 19.0 Å². The number of halogens is 1. The van der Waals surface area contributed by atoms with Crippen LogP contribution in [0.2, 0.25) is 0 Å². The van der Waals surface area contributed by atoms with Gasteiger partial charge in [0.1, 0.15) is 5.82 Å². The van der Waals surface area contributed by atoms with Crippen LogP contribution < -0.4 is 4.74 Å². The topological polar surface area (TPSA) is 59.4 Å². The summed E-state index contributed by atoms with van der Waals surface area (Å²) < 4.78 is 18.6. The second kappa shape index (κ2) is 5.71. The monoisotopic (exact) mass is 279 g/mol. The van der Waals surface area contributed by atoms with E-state index in [4.69, 9.17) is 9.84 Å². The Hall–Kier alpha value is -2.08. The third-order valence-electron chi connectivity index (χ3n) is 2.32. The Morgan fingerprint density at radius 2 is 2.16 bits per heavy atom. The minimum atomic E-state index is -1.09. The van der Waals surface area contributed by atoms with Gasteiger partial charge in [0.05, 0.1) is 12.7 Å². The number of hydrogen-bond acceptors (Lipinski definition) is 4. The zero-order valence-electron chi connectivity index (χ0n) is 9.96. The van der Waals surface area contributed by atoms with E-state index < -0.39 is 11.8 Å². The van der Waals surface area contributed by atoms with Crippen molar-refractivity contribution in [3.05, 3.63) is 47.9 Å². The van der Waals surface area contributed by atoms with Gasteiger partial charge in [0.15, 0.2) is 0 Å². The maximum atomic E-state index is 13.6. The normalized spacial score (nSPS) is 10.2. The predicted molar refractivity (Wildman–Crippen MR) is 68.3 cm³/mol. The van der Waals surface area contributed by atoms with Crippen molar-refractivity contribution in [1.29, 1.82) is 0 Å². The summed E-state index contributed by atoms with van der Waals surface area (Å²) in [6.07, 6.45) is 1.54. The first-order valence-electron chi connectivity index (χ1n) is 5.31. The van der Waals surface area contributed by atoms with Crippen LogP contribution in [0.4, 0.5) is 4.39 Å². The molecular formula is C13H10FNO3S. The van der Waals surface area contributed by atoms with Gasteiger partial charge in [-0.25, -0.2) is 14.2 Å². The van der Waals surface area contributed by atoms with Crippen molar-refractivity contribution in [3.63, 3.8) is 0 Å². The Labute approximate surface area is 113 Å². The Bertz CT molecular complexity index is 619. The molecule has 2 aromatic rings. The van der Waals surface area contributed by atoms with E-state index in [9.17, 15) is 9.18 Å². The average Bonchev–Trinajstić information content (AvgIpc) is 2.41. The highest BCUT2D eigenvalue weighted by Crippen LogP contribution is 2.31. The molecule has 0 aliphatic rings. The summed E-state index contributed by atoms with van der Waals surface area (Å²) in [7, 11) is 1.49. The fraction of sp³-hybridized carbons (Fsp3) is 0.0769. The molecule has 1 heterocycles. The Morgan fingerprint density at radius 3 is 2.84 bits per heavy atom. The summed E-state index contributed by atoms with van der Waals surface area (Å²) in [6, 6.07) is 7.02. The fourth-order valence-electron chi connectivity index (χ4n) is 1.41. The van der Waals surface area contributed by atoms with Crippen molar-refractivity contribution in [2.24, 2.45) is 0 Å². The molecule has 2 rings (SSSR count).